The Kier molecular flexibility index (Phi) is 19.4. The average molecular weight is 937 g/mol. The predicted molar refractivity (Wildman–Crippen MR) is 270 cm³/mol. The number of hydrogen-bond acceptors (Lipinski definition) is 10. The number of carbonyl (C=O) groups excluding carboxylic acids is 2. The zero-order chi connectivity index (χ0) is 48.0. The number of ether oxygens (including phenoxy) is 6. The number of allylic oxidation sites excluding steroid dienone is 1. The lowest BCUT2D eigenvalue weighted by molar-refractivity contribution is -0.144. The second kappa shape index (κ2) is 25.5. The van der Waals surface area contributed by atoms with Crippen molar-refractivity contribution in [3.05, 3.63) is 95.3 Å². The molecule has 0 amide bonds. The summed E-state index contributed by atoms with van der Waals surface area (Å²) >= 11 is 0. The first-order valence-corrected chi connectivity index (χ1v) is 25.6. The van der Waals surface area contributed by atoms with Gasteiger partial charge in [0.15, 0.2) is 12.6 Å². The van der Waals surface area contributed by atoms with Crippen molar-refractivity contribution in [3.63, 3.8) is 0 Å². The first kappa shape index (κ1) is 51.5. The van der Waals surface area contributed by atoms with Gasteiger partial charge in [-0.1, -0.05) is 80.8 Å². The third kappa shape index (κ3) is 13.1. The zero-order valence-corrected chi connectivity index (χ0v) is 41.9. The molecule has 0 spiro atoms. The number of carbonyl (C=O) groups is 2. The molecule has 2 saturated heterocycles. The molecule has 6 atom stereocenters. The summed E-state index contributed by atoms with van der Waals surface area (Å²) in [5, 5.41) is 2.42. The first-order valence-electron chi connectivity index (χ1n) is 25.6. The molecule has 68 heavy (non-hydrogen) atoms. The minimum absolute atomic E-state index is 0.131. The Morgan fingerprint density at radius 1 is 0.691 bits per heavy atom. The standard InChI is InChI=1S/C29H42N2O4.C27H38N2O4/c1-5-8-22(29-34-15-16-35-29)17-21-18-25(28(32)33-4)27-24(23-9-6-7-10-26(23)30-27)12-14-31(19-21)13-11-20(2)3;1-4-8-20(27-32-14-15-33-27)16-19-17-23(26(30)31-3)25-22(11-13-29(18-19)12-5-2)21-9-6-7-10-24(21)28-25/h6-7,9-11,21-22,25,29-30H,5,8,12-19H2,1-4H3;5-7,9-10,19-20,23,27-28H,2,4,8,11-18H2,1,3H3/t21-,22?,25?;19-,20?,23?/m11/s1. The van der Waals surface area contributed by atoms with Crippen LogP contribution in [-0.4, -0.2) is 124 Å². The summed E-state index contributed by atoms with van der Waals surface area (Å²) in [5.74, 6) is 0.379. The van der Waals surface area contributed by atoms with E-state index >= 15 is 0 Å². The van der Waals surface area contributed by atoms with Crippen LogP contribution in [0.3, 0.4) is 0 Å². The molecule has 6 heterocycles. The van der Waals surface area contributed by atoms with E-state index in [0.29, 0.717) is 50.1 Å². The van der Waals surface area contributed by atoms with Crippen LogP contribution in [0.1, 0.15) is 113 Å². The van der Waals surface area contributed by atoms with Gasteiger partial charge in [-0.2, -0.15) is 0 Å². The number of aromatic amines is 2. The fourth-order valence-electron chi connectivity index (χ4n) is 11.6. The van der Waals surface area contributed by atoms with E-state index in [1.165, 1.54) is 41.7 Å². The molecule has 2 aromatic carbocycles. The summed E-state index contributed by atoms with van der Waals surface area (Å²) in [4.78, 5) is 38.5. The Hall–Kier alpha value is -4.30. The van der Waals surface area contributed by atoms with Gasteiger partial charge in [-0.3, -0.25) is 19.4 Å². The van der Waals surface area contributed by atoms with Crippen molar-refractivity contribution in [3.8, 4) is 0 Å². The molecule has 372 valence electrons. The van der Waals surface area contributed by atoms with Crippen LogP contribution < -0.4 is 0 Å². The normalized spacial score (nSPS) is 23.1. The summed E-state index contributed by atoms with van der Waals surface area (Å²) in [6, 6.07) is 16.7. The quantitative estimate of drug-likeness (QED) is 0.0828. The van der Waals surface area contributed by atoms with Gasteiger partial charge in [-0.25, -0.2) is 0 Å². The summed E-state index contributed by atoms with van der Waals surface area (Å²) in [6.07, 6.45) is 13.6. The molecule has 12 heteroatoms. The van der Waals surface area contributed by atoms with Gasteiger partial charge in [0.25, 0.3) is 0 Å². The van der Waals surface area contributed by atoms with Crippen LogP contribution in [0.2, 0.25) is 0 Å². The topological polar surface area (TPSA) is 128 Å². The maximum Gasteiger partial charge on any atom is 0.314 e. The van der Waals surface area contributed by atoms with E-state index in [9.17, 15) is 9.59 Å². The second-order valence-electron chi connectivity index (χ2n) is 19.9. The van der Waals surface area contributed by atoms with Crippen LogP contribution in [0.15, 0.2) is 72.8 Å². The van der Waals surface area contributed by atoms with Gasteiger partial charge in [0.05, 0.1) is 52.5 Å². The third-order valence-electron chi connectivity index (χ3n) is 14.7. The largest absolute Gasteiger partial charge is 0.469 e. The van der Waals surface area contributed by atoms with Crippen molar-refractivity contribution in [2.75, 3.05) is 79.9 Å². The minimum Gasteiger partial charge on any atom is -0.469 e. The highest BCUT2D eigenvalue weighted by Gasteiger charge is 2.37. The zero-order valence-electron chi connectivity index (χ0n) is 41.9. The molecule has 4 aliphatic rings. The van der Waals surface area contributed by atoms with E-state index in [1.807, 2.05) is 18.2 Å². The molecule has 4 unspecified atom stereocenters. The molecule has 12 nitrogen and oxygen atoms in total. The molecule has 0 aliphatic carbocycles. The van der Waals surface area contributed by atoms with Gasteiger partial charge in [-0.05, 0) is 100 Å². The Balaban J connectivity index is 0.000000202. The summed E-state index contributed by atoms with van der Waals surface area (Å²) in [6.45, 7) is 20.9. The number of rotatable bonds is 16. The van der Waals surface area contributed by atoms with Crippen LogP contribution in [0.5, 0.6) is 0 Å². The monoisotopic (exact) mass is 937 g/mol. The smallest absolute Gasteiger partial charge is 0.314 e. The Morgan fingerprint density at radius 2 is 1.12 bits per heavy atom. The number of aromatic nitrogens is 2. The molecule has 8 rings (SSSR count). The van der Waals surface area contributed by atoms with Gasteiger partial charge in [-0.15, -0.1) is 6.58 Å². The first-order chi connectivity index (χ1) is 33.1. The van der Waals surface area contributed by atoms with Crippen LogP contribution in [0.25, 0.3) is 21.8 Å². The van der Waals surface area contributed by atoms with E-state index in [-0.39, 0.29) is 36.4 Å². The number of nitrogens with one attached hydrogen (secondary N) is 2. The van der Waals surface area contributed by atoms with Gasteiger partial charge >= 0.3 is 11.9 Å². The van der Waals surface area contributed by atoms with Crippen molar-refractivity contribution < 1.29 is 38.0 Å². The van der Waals surface area contributed by atoms with E-state index in [4.69, 9.17) is 28.4 Å². The molecule has 0 radical (unpaired) electrons. The van der Waals surface area contributed by atoms with Crippen LogP contribution in [-0.2, 0) is 50.9 Å². The van der Waals surface area contributed by atoms with Gasteiger partial charge in [0, 0.05) is 84.3 Å². The number of H-pyrrole nitrogens is 2. The molecule has 2 aromatic heterocycles. The maximum atomic E-state index is 13.2. The SMILES string of the molecule is C=CCN1CCc2c([nH]c3ccccc23)C(C(=O)OC)C[C@@H](CC(CCC)C2OCCO2)C1.CCCC(C[C@@H]1CC(C(=O)OC)c2[nH]c3ccccc3c2CCN(CC=C(C)C)C1)C1OCCO1. The highest BCUT2D eigenvalue weighted by molar-refractivity contribution is 5.89. The molecule has 4 aromatic rings. The minimum atomic E-state index is -0.307. The lowest BCUT2D eigenvalue weighted by Crippen LogP contribution is -2.34. The number of methoxy groups -OCH3 is 2. The van der Waals surface area contributed by atoms with Crippen molar-refractivity contribution in [1.82, 2.24) is 19.8 Å². The molecule has 2 N–H and O–H groups in total. The summed E-state index contributed by atoms with van der Waals surface area (Å²) in [7, 11) is 3.00. The van der Waals surface area contributed by atoms with E-state index in [0.717, 1.165) is 126 Å². The number of para-hydroxylation sites is 2. The predicted octanol–water partition coefficient (Wildman–Crippen LogP) is 10.1. The van der Waals surface area contributed by atoms with Gasteiger partial charge in [0.1, 0.15) is 0 Å². The Morgan fingerprint density at radius 3 is 1.51 bits per heavy atom. The Labute approximate surface area is 405 Å². The van der Waals surface area contributed by atoms with Gasteiger partial charge < -0.3 is 38.4 Å². The Bertz CT molecular complexity index is 2250. The number of fused-ring (bicyclic) bond motifs is 6. The molecule has 0 bridgehead atoms. The molecule has 4 aliphatic heterocycles. The number of nitrogens with zero attached hydrogens (tertiary/aromatic N) is 2. The van der Waals surface area contributed by atoms with E-state index in [1.54, 1.807) is 0 Å². The molecular formula is C56H80N4O8. The van der Waals surface area contributed by atoms with Crippen molar-refractivity contribution in [2.45, 2.75) is 116 Å². The fourth-order valence-corrected chi connectivity index (χ4v) is 11.6. The maximum absolute atomic E-state index is 13.2. The number of hydrogen-bond donors (Lipinski definition) is 2. The van der Waals surface area contributed by atoms with E-state index < -0.39 is 0 Å². The molecule has 0 saturated carbocycles. The van der Waals surface area contributed by atoms with Crippen molar-refractivity contribution >= 4 is 33.7 Å². The number of esters is 2. The van der Waals surface area contributed by atoms with Crippen LogP contribution >= 0.6 is 0 Å². The van der Waals surface area contributed by atoms with Crippen molar-refractivity contribution in [1.29, 1.82) is 0 Å². The lowest BCUT2D eigenvalue weighted by Gasteiger charge is -2.31. The molecular weight excluding hydrogens is 857 g/mol. The fraction of sp³-hybridized carbons (Fsp3) is 0.607. The number of benzene rings is 2. The highest BCUT2D eigenvalue weighted by Crippen LogP contribution is 2.40. The molecule has 2 fully saturated rings. The highest BCUT2D eigenvalue weighted by atomic mass is 16.7. The summed E-state index contributed by atoms with van der Waals surface area (Å²) in [5.41, 5.74) is 8.06. The third-order valence-corrected chi connectivity index (χ3v) is 14.7. The van der Waals surface area contributed by atoms with Gasteiger partial charge in [0.2, 0.25) is 0 Å². The average Bonchev–Trinajstić information content (AvgIpc) is 4.19. The summed E-state index contributed by atoms with van der Waals surface area (Å²) < 4.78 is 34.4. The van der Waals surface area contributed by atoms with Crippen LogP contribution in [0.4, 0.5) is 0 Å². The van der Waals surface area contributed by atoms with Crippen LogP contribution in [0, 0.1) is 23.7 Å². The second-order valence-corrected chi connectivity index (χ2v) is 19.9. The van der Waals surface area contributed by atoms with E-state index in [2.05, 4.69) is 96.5 Å². The van der Waals surface area contributed by atoms with Crippen molar-refractivity contribution in [2.24, 2.45) is 23.7 Å². The lowest BCUT2D eigenvalue weighted by atomic mass is 9.83.